The van der Waals surface area contributed by atoms with Crippen LogP contribution >= 0.6 is 0 Å². The number of hydrogen-bond acceptors (Lipinski definition) is 8. The fourth-order valence-corrected chi connectivity index (χ4v) is 3.64. The number of benzene rings is 1. The third kappa shape index (κ3) is 4.21. The number of rotatable bonds is 6. The van der Waals surface area contributed by atoms with Crippen LogP contribution in [0.2, 0.25) is 0 Å². The number of piperazine rings is 1. The highest BCUT2D eigenvalue weighted by Gasteiger charge is 2.22. The van der Waals surface area contributed by atoms with Crippen molar-refractivity contribution in [2.24, 2.45) is 0 Å². The summed E-state index contributed by atoms with van der Waals surface area (Å²) in [5, 5.41) is 14.4. The number of anilines is 1. The Morgan fingerprint density at radius 2 is 2.00 bits per heavy atom. The molecule has 29 heavy (non-hydrogen) atoms. The maximum atomic E-state index is 9.33. The minimum atomic E-state index is -0.163. The van der Waals surface area contributed by atoms with Crippen LogP contribution in [0, 0.1) is 11.3 Å². The summed E-state index contributed by atoms with van der Waals surface area (Å²) in [5.41, 5.74) is 2.37. The van der Waals surface area contributed by atoms with E-state index < -0.39 is 0 Å². The van der Waals surface area contributed by atoms with E-state index >= 15 is 0 Å². The number of hydrogen-bond donors (Lipinski definition) is 0. The summed E-state index contributed by atoms with van der Waals surface area (Å²) in [5.74, 6) is 1.20. The summed E-state index contributed by atoms with van der Waals surface area (Å²) in [6.07, 6.45) is -0.163. The van der Waals surface area contributed by atoms with E-state index in [0.717, 1.165) is 42.8 Å². The maximum Gasteiger partial charge on any atom is 0.240 e. The minimum Gasteiger partial charge on any atom is -0.371 e. The Morgan fingerprint density at radius 1 is 1.21 bits per heavy atom. The molecule has 0 spiro atoms. The Kier molecular flexibility index (Phi) is 5.69. The van der Waals surface area contributed by atoms with E-state index in [4.69, 9.17) is 9.26 Å². The molecule has 1 saturated heterocycles. The maximum absolute atomic E-state index is 9.33. The first-order valence-electron chi connectivity index (χ1n) is 9.89. The Morgan fingerprint density at radius 3 is 2.76 bits per heavy atom. The molecule has 3 aromatic rings. The number of fused-ring (bicyclic) bond motifs is 1. The summed E-state index contributed by atoms with van der Waals surface area (Å²) in [7, 11) is 0. The van der Waals surface area contributed by atoms with Crippen molar-refractivity contribution in [1.29, 1.82) is 5.26 Å². The molecule has 4 rings (SSSR count). The van der Waals surface area contributed by atoms with E-state index in [1.165, 1.54) is 0 Å². The lowest BCUT2D eigenvalue weighted by Crippen LogP contribution is -2.46. The first-order chi connectivity index (χ1) is 14.2. The fraction of sp³-hybridized carbons (Fsp3) is 0.429. The number of nitrogens with zero attached hydrogens (tertiary/aromatic N) is 6. The van der Waals surface area contributed by atoms with Gasteiger partial charge >= 0.3 is 0 Å². The number of ether oxygens (including phenoxy) is 1. The van der Waals surface area contributed by atoms with E-state index in [9.17, 15) is 5.26 Å². The van der Waals surface area contributed by atoms with E-state index in [2.05, 4.69) is 37.1 Å². The molecule has 0 radical (unpaired) electrons. The number of aromatic nitrogens is 3. The molecule has 0 aliphatic carbocycles. The minimum absolute atomic E-state index is 0.163. The molecule has 0 amide bonds. The zero-order chi connectivity index (χ0) is 20.2. The molecule has 150 valence electrons. The largest absolute Gasteiger partial charge is 0.371 e. The Labute approximate surface area is 169 Å². The van der Waals surface area contributed by atoms with E-state index in [-0.39, 0.29) is 6.10 Å². The summed E-state index contributed by atoms with van der Waals surface area (Å²) in [4.78, 5) is 13.5. The van der Waals surface area contributed by atoms with E-state index in [0.29, 0.717) is 30.6 Å². The lowest BCUT2D eigenvalue weighted by molar-refractivity contribution is 0.0683. The van der Waals surface area contributed by atoms with Gasteiger partial charge in [-0.05, 0) is 26.0 Å². The van der Waals surface area contributed by atoms with E-state index in [1.54, 1.807) is 0 Å². The number of pyridine rings is 1. The van der Waals surface area contributed by atoms with Gasteiger partial charge in [-0.3, -0.25) is 4.90 Å². The van der Waals surface area contributed by atoms with Gasteiger partial charge in [0.2, 0.25) is 5.89 Å². The predicted octanol–water partition coefficient (Wildman–Crippen LogP) is 2.91. The highest BCUT2D eigenvalue weighted by atomic mass is 16.5. The first kappa shape index (κ1) is 19.3. The molecular formula is C21H24N6O2. The molecule has 1 atom stereocenters. The molecule has 3 heterocycles. The molecule has 0 N–H and O–H groups in total. The second-order valence-electron chi connectivity index (χ2n) is 7.06. The van der Waals surface area contributed by atoms with Crippen LogP contribution in [-0.4, -0.2) is 52.8 Å². The van der Waals surface area contributed by atoms with Crippen molar-refractivity contribution in [3.63, 3.8) is 0 Å². The quantitative estimate of drug-likeness (QED) is 0.632. The second kappa shape index (κ2) is 8.55. The first-order valence-corrected chi connectivity index (χ1v) is 9.89. The van der Waals surface area contributed by atoms with Gasteiger partial charge in [0.25, 0.3) is 0 Å². The molecule has 1 fully saturated rings. The Balaban J connectivity index is 1.43. The van der Waals surface area contributed by atoms with Gasteiger partial charge in [-0.1, -0.05) is 23.4 Å². The smallest absolute Gasteiger partial charge is 0.240 e. The fourth-order valence-electron chi connectivity index (χ4n) is 3.64. The van der Waals surface area contributed by atoms with Gasteiger partial charge in [0.1, 0.15) is 17.9 Å². The van der Waals surface area contributed by atoms with Crippen molar-refractivity contribution < 1.29 is 9.26 Å². The van der Waals surface area contributed by atoms with Gasteiger partial charge in [-0.2, -0.15) is 10.2 Å². The van der Waals surface area contributed by atoms with Crippen LogP contribution in [0.25, 0.3) is 10.9 Å². The molecule has 8 nitrogen and oxygen atoms in total. The van der Waals surface area contributed by atoms with Gasteiger partial charge in [0.15, 0.2) is 5.82 Å². The van der Waals surface area contributed by atoms with Crippen molar-refractivity contribution in [2.45, 2.75) is 26.5 Å². The Hall–Kier alpha value is -3.02. The topological polar surface area (TPSA) is 91.3 Å². The number of nitriles is 1. The average molecular weight is 392 g/mol. The Bertz CT molecular complexity index is 1020. The third-order valence-electron chi connectivity index (χ3n) is 5.14. The molecule has 1 unspecified atom stereocenters. The van der Waals surface area contributed by atoms with Crippen LogP contribution in [0.1, 0.15) is 37.4 Å². The van der Waals surface area contributed by atoms with Crippen molar-refractivity contribution in [1.82, 2.24) is 20.0 Å². The molecule has 1 aliphatic heterocycles. The summed E-state index contributed by atoms with van der Waals surface area (Å²) >= 11 is 0. The molecule has 1 aliphatic rings. The van der Waals surface area contributed by atoms with Gasteiger partial charge in [-0.15, -0.1) is 0 Å². The van der Waals surface area contributed by atoms with Crippen molar-refractivity contribution in [2.75, 3.05) is 37.7 Å². The third-order valence-corrected chi connectivity index (χ3v) is 5.14. The van der Waals surface area contributed by atoms with Gasteiger partial charge in [-0.25, -0.2) is 4.98 Å². The summed E-state index contributed by atoms with van der Waals surface area (Å²) < 4.78 is 10.9. The van der Waals surface area contributed by atoms with Crippen LogP contribution in [-0.2, 0) is 11.3 Å². The van der Waals surface area contributed by atoms with Crippen molar-refractivity contribution in [3.05, 3.63) is 47.7 Å². The van der Waals surface area contributed by atoms with Gasteiger partial charge in [0.05, 0.1) is 12.1 Å². The molecular weight excluding hydrogens is 368 g/mol. The molecule has 8 heteroatoms. The van der Waals surface area contributed by atoms with E-state index in [1.807, 2.05) is 38.1 Å². The van der Waals surface area contributed by atoms with Crippen LogP contribution in [0.3, 0.4) is 0 Å². The molecule has 0 bridgehead atoms. The van der Waals surface area contributed by atoms with Crippen molar-refractivity contribution in [3.8, 4) is 6.07 Å². The van der Waals surface area contributed by atoms with Crippen molar-refractivity contribution >= 4 is 16.6 Å². The average Bonchev–Trinajstić information content (AvgIpc) is 3.22. The normalized spacial score (nSPS) is 16.1. The van der Waals surface area contributed by atoms with Gasteiger partial charge < -0.3 is 14.2 Å². The highest BCUT2D eigenvalue weighted by Crippen LogP contribution is 2.27. The molecule has 2 aromatic heterocycles. The summed E-state index contributed by atoms with van der Waals surface area (Å²) in [6.45, 7) is 8.57. The lowest BCUT2D eigenvalue weighted by atomic mass is 10.1. The SMILES string of the molecule is CCOC(C)c1noc(CN2CCN(c3cc(C#N)nc4ccccc34)CC2)n1. The number of para-hydroxylation sites is 1. The second-order valence-corrected chi connectivity index (χ2v) is 7.06. The van der Waals surface area contributed by atoms with Gasteiger partial charge in [0, 0.05) is 43.9 Å². The molecule has 0 saturated carbocycles. The zero-order valence-electron chi connectivity index (χ0n) is 16.7. The van der Waals surface area contributed by atoms with Crippen LogP contribution < -0.4 is 4.90 Å². The predicted molar refractivity (Wildman–Crippen MR) is 108 cm³/mol. The zero-order valence-corrected chi connectivity index (χ0v) is 16.7. The highest BCUT2D eigenvalue weighted by molar-refractivity contribution is 5.92. The monoisotopic (exact) mass is 392 g/mol. The van der Waals surface area contributed by atoms with Crippen LogP contribution in [0.5, 0.6) is 0 Å². The van der Waals surface area contributed by atoms with Crippen LogP contribution in [0.4, 0.5) is 5.69 Å². The molecule has 1 aromatic carbocycles. The standard InChI is InChI=1S/C21H24N6O2/c1-3-28-15(2)21-24-20(29-25-21)14-26-8-10-27(11-9-26)19-12-16(13-22)23-18-7-5-4-6-17(18)19/h4-7,12,15H,3,8-11,14H2,1-2H3. The lowest BCUT2D eigenvalue weighted by Gasteiger charge is -2.36. The van der Waals surface area contributed by atoms with Crippen LogP contribution in [0.15, 0.2) is 34.9 Å². The summed E-state index contributed by atoms with van der Waals surface area (Å²) in [6, 6.07) is 12.0.